The highest BCUT2D eigenvalue weighted by molar-refractivity contribution is 6.14. The lowest BCUT2D eigenvalue weighted by Crippen LogP contribution is -2.45. The van der Waals surface area contributed by atoms with Crippen LogP contribution in [-0.2, 0) is 16.1 Å². The Morgan fingerprint density at radius 2 is 1.82 bits per heavy atom. The molecule has 0 spiro atoms. The molecular formula is C18H16O4. The van der Waals surface area contributed by atoms with Crippen molar-refractivity contribution in [2.45, 2.75) is 13.5 Å². The summed E-state index contributed by atoms with van der Waals surface area (Å²) in [6, 6.07) is 16.3. The van der Waals surface area contributed by atoms with Crippen molar-refractivity contribution >= 4 is 11.8 Å². The number of hydrogen-bond donors (Lipinski definition) is 0. The molecule has 0 fully saturated rings. The molecule has 3 rings (SSSR count). The van der Waals surface area contributed by atoms with Crippen LogP contribution in [0.15, 0.2) is 54.6 Å². The number of carbonyl (C=O) groups excluding carboxylic acids is 2. The summed E-state index contributed by atoms with van der Waals surface area (Å²) in [6.07, 6.45) is 0. The van der Waals surface area contributed by atoms with Gasteiger partial charge in [0.05, 0.1) is 5.56 Å². The van der Waals surface area contributed by atoms with Crippen molar-refractivity contribution in [3.8, 4) is 5.75 Å². The minimum atomic E-state index is -1.30. The Morgan fingerprint density at radius 3 is 2.59 bits per heavy atom. The number of ether oxygens (including phenoxy) is 2. The molecule has 4 nitrogen and oxygen atoms in total. The third kappa shape index (κ3) is 2.48. The van der Waals surface area contributed by atoms with Crippen LogP contribution in [-0.4, -0.2) is 18.4 Å². The van der Waals surface area contributed by atoms with Crippen LogP contribution in [0, 0.1) is 5.41 Å². The Balaban J connectivity index is 1.76. The number of ketones is 1. The average Bonchev–Trinajstić information content (AvgIpc) is 2.57. The maximum atomic E-state index is 12.6. The number of esters is 1. The van der Waals surface area contributed by atoms with E-state index < -0.39 is 11.4 Å². The molecule has 0 aliphatic carbocycles. The van der Waals surface area contributed by atoms with E-state index in [9.17, 15) is 9.59 Å². The fourth-order valence-corrected chi connectivity index (χ4v) is 2.40. The van der Waals surface area contributed by atoms with Crippen molar-refractivity contribution in [2.75, 3.05) is 6.61 Å². The van der Waals surface area contributed by atoms with Crippen LogP contribution in [0.1, 0.15) is 22.8 Å². The number of para-hydroxylation sites is 1. The van der Waals surface area contributed by atoms with Gasteiger partial charge in [-0.2, -0.15) is 0 Å². The summed E-state index contributed by atoms with van der Waals surface area (Å²) in [5.41, 5.74) is 0.000274. The molecule has 0 N–H and O–H groups in total. The van der Waals surface area contributed by atoms with E-state index in [1.807, 2.05) is 30.3 Å². The lowest BCUT2D eigenvalue weighted by Gasteiger charge is -2.31. The summed E-state index contributed by atoms with van der Waals surface area (Å²) in [5.74, 6) is -0.302. The van der Waals surface area contributed by atoms with Crippen molar-refractivity contribution in [2.24, 2.45) is 5.41 Å². The van der Waals surface area contributed by atoms with Crippen molar-refractivity contribution in [3.05, 3.63) is 65.7 Å². The number of benzene rings is 2. The molecule has 112 valence electrons. The normalized spacial score (nSPS) is 20.0. The van der Waals surface area contributed by atoms with E-state index in [1.165, 1.54) is 0 Å². The summed E-state index contributed by atoms with van der Waals surface area (Å²) in [4.78, 5) is 25.0. The van der Waals surface area contributed by atoms with Crippen LogP contribution in [0.4, 0.5) is 0 Å². The highest BCUT2D eigenvalue weighted by Gasteiger charge is 2.47. The first-order valence-electron chi connectivity index (χ1n) is 7.09. The Morgan fingerprint density at radius 1 is 1.14 bits per heavy atom. The number of hydrogen-bond acceptors (Lipinski definition) is 4. The van der Waals surface area contributed by atoms with Crippen LogP contribution < -0.4 is 4.74 Å². The lowest BCUT2D eigenvalue weighted by molar-refractivity contribution is -0.155. The summed E-state index contributed by atoms with van der Waals surface area (Å²) in [7, 11) is 0. The molecule has 1 atom stereocenters. The monoisotopic (exact) mass is 296 g/mol. The molecule has 0 saturated heterocycles. The molecule has 0 saturated carbocycles. The number of Topliss-reactive ketones (excluding diaryl/α,β-unsaturated/α-hetero) is 1. The second-order valence-corrected chi connectivity index (χ2v) is 5.51. The zero-order valence-electron chi connectivity index (χ0n) is 12.2. The van der Waals surface area contributed by atoms with Gasteiger partial charge in [0.1, 0.15) is 19.0 Å². The Labute approximate surface area is 128 Å². The Kier molecular flexibility index (Phi) is 3.67. The average molecular weight is 296 g/mol. The molecule has 2 aromatic rings. The smallest absolute Gasteiger partial charge is 0.323 e. The highest BCUT2D eigenvalue weighted by Crippen LogP contribution is 2.35. The standard InChI is InChI=1S/C18H16O4/c1-18(17(20)21-11-13-7-3-2-4-8-13)12-22-15-10-6-5-9-14(15)16(18)19/h2-10H,11-12H2,1H3. The van der Waals surface area contributed by atoms with Gasteiger partial charge in [-0.05, 0) is 24.6 Å². The molecule has 1 aliphatic rings. The predicted molar refractivity (Wildman–Crippen MR) is 80.6 cm³/mol. The molecule has 2 aromatic carbocycles. The molecule has 0 radical (unpaired) electrons. The third-order valence-electron chi connectivity index (χ3n) is 3.81. The summed E-state index contributed by atoms with van der Waals surface area (Å²) in [6.45, 7) is 1.71. The van der Waals surface area contributed by atoms with E-state index in [-0.39, 0.29) is 19.0 Å². The predicted octanol–water partition coefficient (Wildman–Crippen LogP) is 3.01. The first kappa shape index (κ1) is 14.3. The van der Waals surface area contributed by atoms with Gasteiger partial charge in [-0.15, -0.1) is 0 Å². The topological polar surface area (TPSA) is 52.6 Å². The molecule has 1 heterocycles. The molecule has 0 aromatic heterocycles. The second kappa shape index (κ2) is 5.64. The van der Waals surface area contributed by atoms with Gasteiger partial charge in [0.25, 0.3) is 0 Å². The van der Waals surface area contributed by atoms with E-state index in [1.54, 1.807) is 31.2 Å². The largest absolute Gasteiger partial charge is 0.491 e. The maximum Gasteiger partial charge on any atom is 0.323 e. The minimum absolute atomic E-state index is 0.00350. The van der Waals surface area contributed by atoms with Crippen LogP contribution in [0.2, 0.25) is 0 Å². The van der Waals surface area contributed by atoms with Gasteiger partial charge in [-0.25, -0.2) is 0 Å². The van der Waals surface area contributed by atoms with Gasteiger partial charge < -0.3 is 9.47 Å². The molecule has 1 unspecified atom stereocenters. The molecule has 1 aliphatic heterocycles. The van der Waals surface area contributed by atoms with Crippen molar-refractivity contribution in [3.63, 3.8) is 0 Å². The van der Waals surface area contributed by atoms with E-state index in [4.69, 9.17) is 9.47 Å². The number of fused-ring (bicyclic) bond motifs is 1. The zero-order chi connectivity index (χ0) is 15.6. The van der Waals surface area contributed by atoms with Gasteiger partial charge >= 0.3 is 5.97 Å². The SMILES string of the molecule is CC1(C(=O)OCc2ccccc2)COc2ccccc2C1=O. The van der Waals surface area contributed by atoms with E-state index in [2.05, 4.69) is 0 Å². The van der Waals surface area contributed by atoms with E-state index in [0.29, 0.717) is 11.3 Å². The Bertz CT molecular complexity index is 708. The first-order chi connectivity index (χ1) is 10.6. The van der Waals surface area contributed by atoms with Crippen molar-refractivity contribution in [1.29, 1.82) is 0 Å². The third-order valence-corrected chi connectivity index (χ3v) is 3.81. The first-order valence-corrected chi connectivity index (χ1v) is 7.09. The van der Waals surface area contributed by atoms with Crippen LogP contribution in [0.5, 0.6) is 5.75 Å². The summed E-state index contributed by atoms with van der Waals surface area (Å²) >= 11 is 0. The molecule has 0 amide bonds. The lowest BCUT2D eigenvalue weighted by atomic mass is 9.81. The van der Waals surface area contributed by atoms with Gasteiger partial charge in [0.15, 0.2) is 11.2 Å². The highest BCUT2D eigenvalue weighted by atomic mass is 16.5. The minimum Gasteiger partial charge on any atom is -0.491 e. The number of rotatable bonds is 3. The fraction of sp³-hybridized carbons (Fsp3) is 0.222. The van der Waals surface area contributed by atoms with Gasteiger partial charge in [-0.1, -0.05) is 42.5 Å². The van der Waals surface area contributed by atoms with Gasteiger partial charge in [0.2, 0.25) is 0 Å². The molecular weight excluding hydrogens is 280 g/mol. The molecule has 22 heavy (non-hydrogen) atoms. The second-order valence-electron chi connectivity index (χ2n) is 5.51. The van der Waals surface area contributed by atoms with Gasteiger partial charge in [0, 0.05) is 0 Å². The number of carbonyl (C=O) groups is 2. The molecule has 4 heteroatoms. The van der Waals surface area contributed by atoms with E-state index in [0.717, 1.165) is 5.56 Å². The van der Waals surface area contributed by atoms with E-state index >= 15 is 0 Å². The summed E-state index contributed by atoms with van der Waals surface area (Å²) in [5, 5.41) is 0. The summed E-state index contributed by atoms with van der Waals surface area (Å²) < 4.78 is 10.9. The fourth-order valence-electron chi connectivity index (χ4n) is 2.40. The maximum absolute atomic E-state index is 12.6. The quantitative estimate of drug-likeness (QED) is 0.645. The van der Waals surface area contributed by atoms with Crippen LogP contribution in [0.3, 0.4) is 0 Å². The van der Waals surface area contributed by atoms with Crippen LogP contribution >= 0.6 is 0 Å². The molecule has 0 bridgehead atoms. The zero-order valence-corrected chi connectivity index (χ0v) is 12.2. The van der Waals surface area contributed by atoms with Gasteiger partial charge in [-0.3, -0.25) is 9.59 Å². The Hall–Kier alpha value is -2.62. The van der Waals surface area contributed by atoms with Crippen molar-refractivity contribution in [1.82, 2.24) is 0 Å². The van der Waals surface area contributed by atoms with Crippen LogP contribution in [0.25, 0.3) is 0 Å². The van der Waals surface area contributed by atoms with Crippen molar-refractivity contribution < 1.29 is 19.1 Å².